The molecule has 0 radical (unpaired) electrons. The first-order chi connectivity index (χ1) is 8.60. The summed E-state index contributed by atoms with van der Waals surface area (Å²) < 4.78 is 4.95. The fraction of sp³-hybridized carbons (Fsp3) is 0.364. The third-order valence-electron chi connectivity index (χ3n) is 2.27. The van der Waals surface area contributed by atoms with Crippen LogP contribution in [0.4, 0.5) is 0 Å². The summed E-state index contributed by atoms with van der Waals surface area (Å²) in [5, 5.41) is 19.9. The Bertz CT molecular complexity index is 435. The second-order valence-corrected chi connectivity index (χ2v) is 3.45. The van der Waals surface area contributed by atoms with E-state index in [1.54, 1.807) is 0 Å². The van der Waals surface area contributed by atoms with Crippen molar-refractivity contribution >= 4 is 11.9 Å². The number of nitrogens with one attached hydrogen (secondary N) is 1. The minimum atomic E-state index is -1.20. The van der Waals surface area contributed by atoms with Crippen molar-refractivity contribution in [2.24, 2.45) is 0 Å². The van der Waals surface area contributed by atoms with E-state index in [-0.39, 0.29) is 24.3 Å². The first-order valence-corrected chi connectivity index (χ1v) is 5.22. The highest BCUT2D eigenvalue weighted by atomic mass is 16.5. The lowest BCUT2D eigenvalue weighted by Gasteiger charge is -2.14. The van der Waals surface area contributed by atoms with Gasteiger partial charge in [-0.05, 0) is 6.07 Å². The van der Waals surface area contributed by atoms with Gasteiger partial charge in [-0.15, -0.1) is 0 Å². The number of methoxy groups -OCH3 is 1. The number of carbonyl (C=O) groups excluding carboxylic acids is 1. The lowest BCUT2D eigenvalue weighted by molar-refractivity contribution is -0.139. The van der Waals surface area contributed by atoms with E-state index in [2.05, 4.69) is 10.3 Å². The molecule has 1 aromatic heterocycles. The number of rotatable bonds is 6. The quantitative estimate of drug-likeness (QED) is 0.640. The Morgan fingerprint density at radius 3 is 2.83 bits per heavy atom. The van der Waals surface area contributed by atoms with Gasteiger partial charge < -0.3 is 20.3 Å². The van der Waals surface area contributed by atoms with E-state index in [4.69, 9.17) is 14.9 Å². The third-order valence-corrected chi connectivity index (χ3v) is 2.27. The molecule has 1 aromatic rings. The van der Waals surface area contributed by atoms with Gasteiger partial charge in [-0.3, -0.25) is 9.78 Å². The van der Waals surface area contributed by atoms with Crippen molar-refractivity contribution in [3.8, 4) is 5.75 Å². The molecule has 98 valence electrons. The molecule has 1 heterocycles. The van der Waals surface area contributed by atoms with E-state index in [0.717, 1.165) is 0 Å². The molecule has 0 saturated carbocycles. The Morgan fingerprint density at radius 1 is 1.56 bits per heavy atom. The lowest BCUT2D eigenvalue weighted by atomic mass is 10.1. The molecule has 1 amide bonds. The van der Waals surface area contributed by atoms with E-state index in [0.29, 0.717) is 0 Å². The number of hydrogen-bond acceptors (Lipinski definition) is 5. The van der Waals surface area contributed by atoms with Crippen LogP contribution in [0.1, 0.15) is 16.8 Å². The van der Waals surface area contributed by atoms with Crippen LogP contribution < -0.4 is 10.1 Å². The summed E-state index contributed by atoms with van der Waals surface area (Å²) in [5.41, 5.74) is 0.191. The zero-order chi connectivity index (χ0) is 13.5. The molecule has 1 unspecified atom stereocenters. The van der Waals surface area contributed by atoms with Crippen LogP contribution >= 0.6 is 0 Å². The molecule has 0 saturated heterocycles. The maximum atomic E-state index is 11.9. The highest BCUT2D eigenvalue weighted by molar-refractivity contribution is 5.98. The van der Waals surface area contributed by atoms with Crippen molar-refractivity contribution in [2.45, 2.75) is 12.5 Å². The minimum Gasteiger partial charge on any atom is -0.494 e. The monoisotopic (exact) mass is 254 g/mol. The molecule has 7 nitrogen and oxygen atoms in total. The van der Waals surface area contributed by atoms with Gasteiger partial charge in [0.05, 0.1) is 18.9 Å². The Morgan fingerprint density at radius 2 is 2.28 bits per heavy atom. The summed E-state index contributed by atoms with van der Waals surface area (Å²) in [6.45, 7) is -0.329. The topological polar surface area (TPSA) is 109 Å². The summed E-state index contributed by atoms with van der Waals surface area (Å²) in [4.78, 5) is 26.5. The van der Waals surface area contributed by atoms with Gasteiger partial charge in [0.2, 0.25) is 0 Å². The highest BCUT2D eigenvalue weighted by Gasteiger charge is 2.21. The van der Waals surface area contributed by atoms with Gasteiger partial charge in [0.15, 0.2) is 0 Å². The van der Waals surface area contributed by atoms with Crippen molar-refractivity contribution in [3.05, 3.63) is 24.0 Å². The largest absolute Gasteiger partial charge is 0.494 e. The Balaban J connectivity index is 2.83. The number of carbonyl (C=O) groups is 2. The van der Waals surface area contributed by atoms with E-state index in [1.807, 2.05) is 0 Å². The first-order valence-electron chi connectivity index (χ1n) is 5.22. The van der Waals surface area contributed by atoms with Crippen LogP contribution in [0.5, 0.6) is 5.75 Å². The minimum absolute atomic E-state index is 0.0610. The average molecular weight is 254 g/mol. The van der Waals surface area contributed by atoms with Crippen LogP contribution in [0.15, 0.2) is 18.5 Å². The Labute approximate surface area is 103 Å². The zero-order valence-corrected chi connectivity index (χ0v) is 9.79. The molecule has 0 bridgehead atoms. The molecule has 0 aliphatic rings. The van der Waals surface area contributed by atoms with Crippen LogP contribution in [0.25, 0.3) is 0 Å². The van der Waals surface area contributed by atoms with Gasteiger partial charge in [0.1, 0.15) is 11.8 Å². The van der Waals surface area contributed by atoms with Gasteiger partial charge in [0.25, 0.3) is 5.91 Å². The number of carboxylic acids is 1. The van der Waals surface area contributed by atoms with E-state index >= 15 is 0 Å². The van der Waals surface area contributed by atoms with Gasteiger partial charge in [0, 0.05) is 19.2 Å². The van der Waals surface area contributed by atoms with Crippen molar-refractivity contribution < 1.29 is 24.5 Å². The zero-order valence-electron chi connectivity index (χ0n) is 9.79. The van der Waals surface area contributed by atoms with Gasteiger partial charge >= 0.3 is 5.97 Å². The van der Waals surface area contributed by atoms with E-state index < -0.39 is 17.9 Å². The third kappa shape index (κ3) is 3.42. The summed E-state index contributed by atoms with van der Waals surface area (Å²) in [6, 6.07) is 0.284. The van der Waals surface area contributed by atoms with Crippen molar-refractivity contribution in [1.29, 1.82) is 0 Å². The highest BCUT2D eigenvalue weighted by Crippen LogP contribution is 2.15. The maximum Gasteiger partial charge on any atom is 0.326 e. The molecule has 7 heteroatoms. The fourth-order valence-electron chi connectivity index (χ4n) is 1.35. The normalized spacial score (nSPS) is 11.7. The number of ether oxygens (including phenoxy) is 1. The fourth-order valence-corrected chi connectivity index (χ4v) is 1.35. The number of hydrogen-bond donors (Lipinski definition) is 3. The summed E-state index contributed by atoms with van der Waals surface area (Å²) in [5.74, 6) is -1.54. The predicted octanol–water partition coefficient (Wildman–Crippen LogP) is -0.344. The van der Waals surface area contributed by atoms with Gasteiger partial charge in [-0.2, -0.15) is 0 Å². The van der Waals surface area contributed by atoms with Crippen LogP contribution in [0, 0.1) is 0 Å². The van der Waals surface area contributed by atoms with Crippen molar-refractivity contribution in [3.63, 3.8) is 0 Å². The van der Waals surface area contributed by atoms with Crippen molar-refractivity contribution in [1.82, 2.24) is 10.3 Å². The molecule has 0 aromatic carbocycles. The number of pyridine rings is 1. The number of carboxylic acid groups (broad SMARTS) is 1. The second-order valence-electron chi connectivity index (χ2n) is 3.45. The van der Waals surface area contributed by atoms with E-state index in [9.17, 15) is 9.59 Å². The van der Waals surface area contributed by atoms with Crippen LogP contribution in [0.3, 0.4) is 0 Å². The number of aliphatic carboxylic acids is 1. The van der Waals surface area contributed by atoms with Crippen LogP contribution in [0.2, 0.25) is 0 Å². The predicted molar refractivity (Wildman–Crippen MR) is 61.4 cm³/mol. The summed E-state index contributed by atoms with van der Waals surface area (Å²) >= 11 is 0. The molecule has 0 spiro atoms. The molecule has 1 atom stereocenters. The number of amides is 1. The van der Waals surface area contributed by atoms with Gasteiger partial charge in [-0.1, -0.05) is 0 Å². The standard InChI is InChI=1S/C11H14N2O5/c1-18-9-6-12-4-2-7(9)10(15)13-8(3-5-14)11(16)17/h2,4,6,8,14H,3,5H2,1H3,(H,13,15)(H,16,17). The van der Waals surface area contributed by atoms with Crippen LogP contribution in [-0.4, -0.2) is 46.8 Å². The first kappa shape index (κ1) is 13.9. The summed E-state index contributed by atoms with van der Waals surface area (Å²) in [7, 11) is 1.39. The second kappa shape index (κ2) is 6.55. The molecule has 0 fully saturated rings. The number of aromatic nitrogens is 1. The Hall–Kier alpha value is -2.15. The molecule has 1 rings (SSSR count). The SMILES string of the molecule is COc1cnccc1C(=O)NC(CCO)C(=O)O. The molecule has 0 aliphatic carbocycles. The summed E-state index contributed by atoms with van der Waals surface area (Å²) in [6.07, 6.45) is 2.70. The van der Waals surface area contributed by atoms with Gasteiger partial charge in [-0.25, -0.2) is 4.79 Å². The number of aliphatic hydroxyl groups is 1. The molecule has 18 heavy (non-hydrogen) atoms. The number of nitrogens with zero attached hydrogens (tertiary/aromatic N) is 1. The van der Waals surface area contributed by atoms with Crippen molar-refractivity contribution in [2.75, 3.05) is 13.7 Å². The smallest absolute Gasteiger partial charge is 0.326 e. The van der Waals surface area contributed by atoms with Crippen LogP contribution in [-0.2, 0) is 4.79 Å². The molecular formula is C11H14N2O5. The lowest BCUT2D eigenvalue weighted by Crippen LogP contribution is -2.41. The molecule has 3 N–H and O–H groups in total. The Kier molecular flexibility index (Phi) is 5.06. The van der Waals surface area contributed by atoms with E-state index in [1.165, 1.54) is 25.6 Å². The molecular weight excluding hydrogens is 240 g/mol. The number of aliphatic hydroxyl groups excluding tert-OH is 1. The average Bonchev–Trinajstić information content (AvgIpc) is 2.37. The molecule has 0 aliphatic heterocycles. The maximum absolute atomic E-state index is 11.9.